The van der Waals surface area contributed by atoms with E-state index in [1.807, 2.05) is 18.2 Å². The molecule has 0 bridgehead atoms. The Morgan fingerprint density at radius 3 is 2.47 bits per heavy atom. The van der Waals surface area contributed by atoms with E-state index in [2.05, 4.69) is 35.6 Å². The van der Waals surface area contributed by atoms with Gasteiger partial charge in [-0.15, -0.1) is 13.2 Å². The largest absolute Gasteiger partial charge is 0.573 e. The molecule has 2 aromatic heterocycles. The second kappa shape index (κ2) is 12.5. The maximum absolute atomic E-state index is 12.7. The Kier molecular flexibility index (Phi) is 8.89. The number of aromatic nitrogens is 3. The van der Waals surface area contributed by atoms with Gasteiger partial charge in [-0.05, 0) is 49.8 Å². The van der Waals surface area contributed by atoms with Crippen LogP contribution in [-0.4, -0.2) is 38.8 Å². The summed E-state index contributed by atoms with van der Waals surface area (Å²) in [6.07, 6.45) is 1.89. The molecule has 0 unspecified atom stereocenters. The summed E-state index contributed by atoms with van der Waals surface area (Å²) in [5.41, 5.74) is 0.949. The van der Waals surface area contributed by atoms with Crippen molar-refractivity contribution in [3.63, 3.8) is 0 Å². The lowest BCUT2D eigenvalue weighted by Crippen LogP contribution is -2.34. The molecule has 4 rings (SSSR count). The zero-order valence-electron chi connectivity index (χ0n) is 20.4. The fourth-order valence-electron chi connectivity index (χ4n) is 4.34. The molecule has 0 amide bonds. The minimum absolute atomic E-state index is 0.0438. The van der Waals surface area contributed by atoms with Crippen LogP contribution >= 0.6 is 0 Å². The van der Waals surface area contributed by atoms with Crippen LogP contribution in [0.2, 0.25) is 0 Å². The van der Waals surface area contributed by atoms with Gasteiger partial charge in [0.15, 0.2) is 0 Å². The highest BCUT2D eigenvalue weighted by atomic mass is 19.4. The van der Waals surface area contributed by atoms with Crippen LogP contribution in [0.1, 0.15) is 36.9 Å². The number of rotatable bonds is 11. The molecule has 0 spiro atoms. The number of ether oxygens (including phenoxy) is 1. The van der Waals surface area contributed by atoms with E-state index in [4.69, 9.17) is 0 Å². The molecule has 3 aromatic rings. The number of nitro groups is 1. The molecule has 0 atom stereocenters. The average Bonchev–Trinajstić information content (AvgIpc) is 2.90. The Labute approximate surface area is 217 Å². The minimum atomic E-state index is -4.83. The fourth-order valence-corrected chi connectivity index (χ4v) is 4.34. The van der Waals surface area contributed by atoms with Crippen LogP contribution < -0.4 is 20.7 Å². The molecule has 2 heterocycles. The van der Waals surface area contributed by atoms with Crippen molar-refractivity contribution >= 4 is 17.5 Å². The zero-order valence-corrected chi connectivity index (χ0v) is 20.4. The highest BCUT2D eigenvalue weighted by Gasteiger charge is 2.32. The summed E-state index contributed by atoms with van der Waals surface area (Å²) in [5, 5.41) is 20.9. The molecule has 0 radical (unpaired) electrons. The predicted octanol–water partition coefficient (Wildman–Crippen LogP) is 5.05. The van der Waals surface area contributed by atoms with Crippen molar-refractivity contribution < 1.29 is 22.8 Å². The third kappa shape index (κ3) is 8.00. The number of para-hydroxylation sites is 1. The first-order chi connectivity index (χ1) is 18.3. The van der Waals surface area contributed by atoms with E-state index in [0.29, 0.717) is 25.0 Å². The number of alkyl halides is 3. The van der Waals surface area contributed by atoms with Gasteiger partial charge in [-0.25, -0.2) is 4.98 Å². The lowest BCUT2D eigenvalue weighted by atomic mass is 9.86. The standard InChI is InChI=1S/C25H28F3N7O3/c26-25(27,28)38-22-7-2-1-5-18(22)14-32-24-33-16-21(35(36)37)23(34-24)31-13-17-8-10-19(11-9-17)30-15-20-6-3-4-12-29-20/h1-7,12,16-17,19,30H,8-11,13-15H2,(H2,31,32,33,34)/t17-,19-. The van der Waals surface area contributed by atoms with Crippen molar-refractivity contribution in [2.45, 2.75) is 51.2 Å². The van der Waals surface area contributed by atoms with Crippen LogP contribution in [0.4, 0.5) is 30.6 Å². The van der Waals surface area contributed by atoms with Crippen LogP contribution in [0, 0.1) is 16.0 Å². The average molecular weight is 532 g/mol. The molecule has 202 valence electrons. The molecule has 1 aromatic carbocycles. The number of hydrogen-bond acceptors (Lipinski definition) is 9. The second-order valence-electron chi connectivity index (χ2n) is 8.99. The molecule has 1 aliphatic carbocycles. The Morgan fingerprint density at radius 2 is 1.76 bits per heavy atom. The van der Waals surface area contributed by atoms with Gasteiger partial charge in [0, 0.05) is 37.4 Å². The SMILES string of the molecule is O=[N+]([O-])c1cnc(NCc2ccccc2OC(F)(F)F)nc1NC[C@H]1CC[C@H](NCc2ccccn2)CC1. The molecule has 3 N–H and O–H groups in total. The van der Waals surface area contributed by atoms with Crippen LogP contribution in [0.3, 0.4) is 0 Å². The van der Waals surface area contributed by atoms with Crippen molar-refractivity contribution in [3.8, 4) is 5.75 Å². The van der Waals surface area contributed by atoms with Crippen LogP contribution in [0.25, 0.3) is 0 Å². The normalized spacial score (nSPS) is 17.6. The molecule has 13 heteroatoms. The van der Waals surface area contributed by atoms with E-state index in [1.54, 1.807) is 12.3 Å². The molecule has 0 saturated heterocycles. The third-order valence-corrected chi connectivity index (χ3v) is 6.30. The van der Waals surface area contributed by atoms with E-state index >= 15 is 0 Å². The Bertz CT molecular complexity index is 1210. The van der Waals surface area contributed by atoms with Gasteiger partial charge in [-0.2, -0.15) is 4.98 Å². The smallest absolute Gasteiger partial charge is 0.405 e. The van der Waals surface area contributed by atoms with E-state index < -0.39 is 11.3 Å². The zero-order chi connectivity index (χ0) is 27.0. The lowest BCUT2D eigenvalue weighted by molar-refractivity contribution is -0.384. The summed E-state index contributed by atoms with van der Waals surface area (Å²) in [6, 6.07) is 11.9. The summed E-state index contributed by atoms with van der Waals surface area (Å²) in [4.78, 5) is 23.4. The number of halogens is 3. The van der Waals surface area contributed by atoms with Gasteiger partial charge in [-0.3, -0.25) is 15.1 Å². The van der Waals surface area contributed by atoms with Crippen molar-refractivity contribution in [3.05, 3.63) is 76.2 Å². The maximum atomic E-state index is 12.7. The van der Waals surface area contributed by atoms with Crippen molar-refractivity contribution in [2.75, 3.05) is 17.2 Å². The molecule has 1 aliphatic rings. The topological polar surface area (TPSA) is 127 Å². The van der Waals surface area contributed by atoms with E-state index in [1.165, 1.54) is 18.2 Å². The van der Waals surface area contributed by atoms with Crippen molar-refractivity contribution in [1.29, 1.82) is 0 Å². The predicted molar refractivity (Wildman–Crippen MR) is 134 cm³/mol. The molecule has 38 heavy (non-hydrogen) atoms. The Morgan fingerprint density at radius 1 is 1.00 bits per heavy atom. The summed E-state index contributed by atoms with van der Waals surface area (Å²) in [5.74, 6) is 0.0724. The maximum Gasteiger partial charge on any atom is 0.573 e. The summed E-state index contributed by atoms with van der Waals surface area (Å²) in [7, 11) is 0. The number of anilines is 2. The van der Waals surface area contributed by atoms with Crippen LogP contribution in [0.15, 0.2) is 54.9 Å². The first-order valence-electron chi connectivity index (χ1n) is 12.2. The molecular formula is C25H28F3N7O3. The lowest BCUT2D eigenvalue weighted by Gasteiger charge is -2.29. The van der Waals surface area contributed by atoms with Crippen molar-refractivity contribution in [1.82, 2.24) is 20.3 Å². The monoisotopic (exact) mass is 531 g/mol. The Balaban J connectivity index is 1.31. The number of nitrogens with one attached hydrogen (secondary N) is 3. The summed E-state index contributed by atoms with van der Waals surface area (Å²) < 4.78 is 42.1. The van der Waals surface area contributed by atoms with Gasteiger partial charge in [-0.1, -0.05) is 24.3 Å². The first-order valence-corrected chi connectivity index (χ1v) is 12.2. The summed E-state index contributed by atoms with van der Waals surface area (Å²) >= 11 is 0. The van der Waals surface area contributed by atoms with Crippen LogP contribution in [0.5, 0.6) is 5.75 Å². The van der Waals surface area contributed by atoms with Gasteiger partial charge >= 0.3 is 12.0 Å². The van der Waals surface area contributed by atoms with Crippen molar-refractivity contribution in [2.24, 2.45) is 5.92 Å². The highest BCUT2D eigenvalue weighted by Crippen LogP contribution is 2.29. The number of pyridine rings is 1. The second-order valence-corrected chi connectivity index (χ2v) is 8.99. The quantitative estimate of drug-likeness (QED) is 0.230. The number of hydrogen-bond donors (Lipinski definition) is 3. The van der Waals surface area contributed by atoms with Gasteiger partial charge in [0.1, 0.15) is 11.9 Å². The van der Waals surface area contributed by atoms with Gasteiger partial charge < -0.3 is 20.7 Å². The number of benzene rings is 1. The fraction of sp³-hybridized carbons (Fsp3) is 0.400. The van der Waals surface area contributed by atoms with Crippen LogP contribution in [-0.2, 0) is 13.1 Å². The minimum Gasteiger partial charge on any atom is -0.405 e. The first kappa shape index (κ1) is 27.0. The number of nitrogens with zero attached hydrogens (tertiary/aromatic N) is 4. The molecule has 0 aliphatic heterocycles. The van der Waals surface area contributed by atoms with E-state index in [-0.39, 0.29) is 35.3 Å². The molecule has 10 nitrogen and oxygen atoms in total. The van der Waals surface area contributed by atoms with Gasteiger partial charge in [0.05, 0.1) is 10.6 Å². The Hall–Kier alpha value is -4.00. The molecular weight excluding hydrogens is 503 g/mol. The molecule has 1 fully saturated rings. The highest BCUT2D eigenvalue weighted by molar-refractivity contribution is 5.57. The third-order valence-electron chi connectivity index (χ3n) is 6.30. The summed E-state index contributed by atoms with van der Waals surface area (Å²) in [6.45, 7) is 1.15. The van der Waals surface area contributed by atoms with E-state index in [9.17, 15) is 23.3 Å². The van der Waals surface area contributed by atoms with Gasteiger partial charge in [0.25, 0.3) is 0 Å². The molecule has 1 saturated carbocycles. The van der Waals surface area contributed by atoms with Gasteiger partial charge in [0.2, 0.25) is 11.8 Å². The van der Waals surface area contributed by atoms with E-state index in [0.717, 1.165) is 37.6 Å².